The molecule has 6 heteroatoms. The first kappa shape index (κ1) is 16.4. The maximum atomic E-state index is 12.9. The molecule has 1 aromatic heterocycles. The number of benzene rings is 1. The highest BCUT2D eigenvalue weighted by molar-refractivity contribution is 5.75. The van der Waals surface area contributed by atoms with Gasteiger partial charge in [-0.2, -0.15) is 0 Å². The van der Waals surface area contributed by atoms with Crippen molar-refractivity contribution in [3.63, 3.8) is 0 Å². The highest BCUT2D eigenvalue weighted by Gasteiger charge is 2.37. The van der Waals surface area contributed by atoms with E-state index in [-0.39, 0.29) is 23.6 Å². The number of phenols is 1. The average molecular weight is 365 g/mol. The van der Waals surface area contributed by atoms with Crippen LogP contribution in [0.4, 0.5) is 4.79 Å². The number of nitrogens with zero attached hydrogens (tertiary/aromatic N) is 2. The zero-order chi connectivity index (χ0) is 18.5. The van der Waals surface area contributed by atoms with Gasteiger partial charge in [0.15, 0.2) is 0 Å². The summed E-state index contributed by atoms with van der Waals surface area (Å²) in [4.78, 5) is 27.0. The lowest BCUT2D eigenvalue weighted by molar-refractivity contribution is 0.129. The van der Waals surface area contributed by atoms with Crippen LogP contribution in [0, 0.1) is 5.92 Å². The number of piperidine rings is 1. The quantitative estimate of drug-likeness (QED) is 0.815. The van der Waals surface area contributed by atoms with E-state index in [9.17, 15) is 14.7 Å². The van der Waals surface area contributed by atoms with Crippen LogP contribution < -0.4 is 10.9 Å². The van der Waals surface area contributed by atoms with Crippen LogP contribution in [0.25, 0.3) is 0 Å². The van der Waals surface area contributed by atoms with Crippen LogP contribution in [0.1, 0.15) is 41.6 Å². The number of nitrogens with one attached hydrogen (secondary N) is 1. The Morgan fingerprint density at radius 1 is 1.11 bits per heavy atom. The van der Waals surface area contributed by atoms with Gasteiger partial charge in [0.25, 0.3) is 5.56 Å². The molecule has 3 aliphatic rings. The van der Waals surface area contributed by atoms with Crippen LogP contribution in [-0.2, 0) is 13.0 Å². The van der Waals surface area contributed by atoms with Crippen molar-refractivity contribution in [2.75, 3.05) is 13.1 Å². The first-order valence-corrected chi connectivity index (χ1v) is 9.66. The number of aromatic hydroxyl groups is 1. The SMILES string of the molecule is O=C(NC1CCc2c(O)cccc21)N1C[C@@H]2C[C@H](C1)c1cccc(=O)n1C2. The van der Waals surface area contributed by atoms with E-state index in [0.717, 1.165) is 36.1 Å². The van der Waals surface area contributed by atoms with Gasteiger partial charge in [0.05, 0.1) is 6.04 Å². The fraction of sp³-hybridized carbons (Fsp3) is 0.429. The van der Waals surface area contributed by atoms with Gasteiger partial charge in [-0.05, 0) is 48.4 Å². The number of fused-ring (bicyclic) bond motifs is 5. The standard InChI is InChI=1S/C21H23N3O3/c25-19-5-1-3-15-16(19)7-8-17(15)22-21(27)23-10-13-9-14(12-23)18-4-2-6-20(26)24(18)11-13/h1-6,13-14,17,25H,7-12H2,(H,22,27)/t13-,14+,17?/m0/s1. The maximum Gasteiger partial charge on any atom is 0.317 e. The molecule has 2 bridgehead atoms. The summed E-state index contributed by atoms with van der Waals surface area (Å²) < 4.78 is 1.88. The molecule has 2 aromatic rings. The van der Waals surface area contributed by atoms with E-state index in [1.807, 2.05) is 33.7 Å². The number of likely N-dealkylation sites (tertiary alicyclic amines) is 1. The van der Waals surface area contributed by atoms with E-state index in [4.69, 9.17) is 0 Å². The molecule has 1 fully saturated rings. The van der Waals surface area contributed by atoms with Crippen molar-refractivity contribution in [3.05, 3.63) is 63.6 Å². The number of amides is 2. The molecule has 1 aliphatic carbocycles. The van der Waals surface area contributed by atoms with E-state index in [1.54, 1.807) is 12.1 Å². The third-order valence-electron chi connectivity index (χ3n) is 6.31. The van der Waals surface area contributed by atoms with Crippen molar-refractivity contribution < 1.29 is 9.90 Å². The second kappa shape index (κ2) is 6.15. The van der Waals surface area contributed by atoms with Gasteiger partial charge in [-0.3, -0.25) is 4.79 Å². The van der Waals surface area contributed by atoms with Gasteiger partial charge in [0.2, 0.25) is 0 Å². The Hall–Kier alpha value is -2.76. The predicted octanol–water partition coefficient (Wildman–Crippen LogP) is 2.37. The Labute approximate surface area is 157 Å². The Morgan fingerprint density at radius 3 is 2.85 bits per heavy atom. The molecule has 2 N–H and O–H groups in total. The van der Waals surface area contributed by atoms with Crippen molar-refractivity contribution in [2.24, 2.45) is 5.92 Å². The Kier molecular flexibility index (Phi) is 3.74. The molecule has 1 saturated heterocycles. The number of carbonyl (C=O) groups is 1. The van der Waals surface area contributed by atoms with Crippen LogP contribution in [0.5, 0.6) is 5.75 Å². The lowest BCUT2D eigenvalue weighted by atomic mass is 9.83. The number of rotatable bonds is 1. The first-order valence-electron chi connectivity index (χ1n) is 9.66. The summed E-state index contributed by atoms with van der Waals surface area (Å²) in [7, 11) is 0. The largest absolute Gasteiger partial charge is 0.508 e. The van der Waals surface area contributed by atoms with Gasteiger partial charge in [0.1, 0.15) is 5.75 Å². The monoisotopic (exact) mass is 365 g/mol. The molecule has 0 radical (unpaired) electrons. The van der Waals surface area contributed by atoms with Crippen molar-refractivity contribution >= 4 is 6.03 Å². The molecule has 2 amide bonds. The normalized spacial score (nSPS) is 25.6. The Morgan fingerprint density at radius 2 is 1.96 bits per heavy atom. The third-order valence-corrected chi connectivity index (χ3v) is 6.31. The number of hydrogen-bond donors (Lipinski definition) is 2. The molecule has 1 unspecified atom stereocenters. The number of urea groups is 1. The molecule has 2 aliphatic heterocycles. The molecule has 140 valence electrons. The van der Waals surface area contributed by atoms with Gasteiger partial charge in [-0.25, -0.2) is 4.79 Å². The number of aromatic nitrogens is 1. The van der Waals surface area contributed by atoms with Gasteiger partial charge >= 0.3 is 6.03 Å². The molecule has 0 spiro atoms. The van der Waals surface area contributed by atoms with Crippen LogP contribution >= 0.6 is 0 Å². The summed E-state index contributed by atoms with van der Waals surface area (Å²) in [6, 6.07) is 10.9. The van der Waals surface area contributed by atoms with E-state index in [1.165, 1.54) is 0 Å². The van der Waals surface area contributed by atoms with Crippen LogP contribution in [0.3, 0.4) is 0 Å². The zero-order valence-electron chi connectivity index (χ0n) is 15.1. The van der Waals surface area contributed by atoms with Crippen LogP contribution in [-0.4, -0.2) is 33.7 Å². The summed E-state index contributed by atoms with van der Waals surface area (Å²) in [6.45, 7) is 2.02. The number of carbonyl (C=O) groups excluding carboxylic acids is 1. The number of phenolic OH excluding ortho intramolecular Hbond substituents is 1. The minimum absolute atomic E-state index is 0.0439. The second-order valence-electron chi connectivity index (χ2n) is 7.99. The molecule has 1 aromatic carbocycles. The van der Waals surface area contributed by atoms with E-state index in [2.05, 4.69) is 5.32 Å². The van der Waals surface area contributed by atoms with Gasteiger partial charge in [-0.15, -0.1) is 0 Å². The molecule has 27 heavy (non-hydrogen) atoms. The topological polar surface area (TPSA) is 74.6 Å². The fourth-order valence-corrected chi connectivity index (χ4v) is 5.09. The van der Waals surface area contributed by atoms with E-state index >= 15 is 0 Å². The molecule has 5 rings (SSSR count). The first-order chi connectivity index (χ1) is 13.1. The fourth-order valence-electron chi connectivity index (χ4n) is 5.09. The Balaban J connectivity index is 1.34. The zero-order valence-corrected chi connectivity index (χ0v) is 15.1. The summed E-state index contributed by atoms with van der Waals surface area (Å²) in [5.74, 6) is 0.859. The Bertz CT molecular complexity index is 967. The van der Waals surface area contributed by atoms with E-state index < -0.39 is 0 Å². The van der Waals surface area contributed by atoms with E-state index in [0.29, 0.717) is 31.3 Å². The highest BCUT2D eigenvalue weighted by atomic mass is 16.3. The summed E-state index contributed by atoms with van der Waals surface area (Å²) in [5, 5.41) is 13.2. The molecule has 0 saturated carbocycles. The number of hydrogen-bond acceptors (Lipinski definition) is 3. The highest BCUT2D eigenvalue weighted by Crippen LogP contribution is 2.38. The molecule has 3 heterocycles. The molecular weight excluding hydrogens is 342 g/mol. The van der Waals surface area contributed by atoms with Gasteiger partial charge in [0, 0.05) is 37.3 Å². The smallest absolute Gasteiger partial charge is 0.317 e. The summed E-state index contributed by atoms with van der Waals surface area (Å²) >= 11 is 0. The number of pyridine rings is 1. The van der Waals surface area contributed by atoms with Crippen molar-refractivity contribution in [1.29, 1.82) is 0 Å². The second-order valence-corrected chi connectivity index (χ2v) is 7.99. The van der Waals surface area contributed by atoms with Crippen LogP contribution in [0.2, 0.25) is 0 Å². The third kappa shape index (κ3) is 2.71. The lowest BCUT2D eigenvalue weighted by Crippen LogP contribution is -2.52. The lowest BCUT2D eigenvalue weighted by Gasteiger charge is -2.42. The van der Waals surface area contributed by atoms with Crippen molar-refractivity contribution in [2.45, 2.75) is 37.8 Å². The minimum atomic E-state index is -0.0451. The predicted molar refractivity (Wildman–Crippen MR) is 101 cm³/mol. The summed E-state index contributed by atoms with van der Waals surface area (Å²) in [5.41, 5.74) is 3.08. The van der Waals surface area contributed by atoms with Crippen LogP contribution in [0.15, 0.2) is 41.2 Å². The molecule has 3 atom stereocenters. The minimum Gasteiger partial charge on any atom is -0.508 e. The summed E-state index contributed by atoms with van der Waals surface area (Å²) in [6.07, 6.45) is 2.64. The maximum absolute atomic E-state index is 12.9. The van der Waals surface area contributed by atoms with Crippen molar-refractivity contribution in [1.82, 2.24) is 14.8 Å². The van der Waals surface area contributed by atoms with Gasteiger partial charge < -0.3 is 19.9 Å². The molecule has 6 nitrogen and oxygen atoms in total. The van der Waals surface area contributed by atoms with Gasteiger partial charge in [-0.1, -0.05) is 18.2 Å². The molecular formula is C21H23N3O3. The van der Waals surface area contributed by atoms with Crippen molar-refractivity contribution in [3.8, 4) is 5.75 Å². The average Bonchev–Trinajstić information content (AvgIpc) is 3.07.